The minimum Gasteiger partial charge on any atom is -0.394 e. The van der Waals surface area contributed by atoms with E-state index in [4.69, 9.17) is 56.3 Å². The first kappa shape index (κ1) is 71.6. The van der Waals surface area contributed by atoms with Gasteiger partial charge >= 0.3 is 41.6 Å². The molecule has 45 heteroatoms. The molecule has 13 unspecified atom stereocenters. The molecule has 0 radical (unpaired) electrons. The maximum absolute atomic E-state index is 12.1. The minimum absolute atomic E-state index is 0.681. The first-order valence-corrected chi connectivity index (χ1v) is 30.3. The van der Waals surface area contributed by atoms with Crippen molar-refractivity contribution in [2.75, 3.05) is 46.2 Å². The lowest BCUT2D eigenvalue weighted by atomic mass is 9.88. The number of hydrogen-bond acceptors (Lipinski definition) is 37. The van der Waals surface area contributed by atoms with Gasteiger partial charge in [-0.3, -0.25) is 18.2 Å². The Morgan fingerprint density at radius 1 is 0.310 bits per heavy atom. The summed E-state index contributed by atoms with van der Waals surface area (Å²) in [5, 5.41) is 149. The van der Waals surface area contributed by atoms with Crippen LogP contribution in [0.5, 0.6) is 0 Å². The summed E-state index contributed by atoms with van der Waals surface area (Å²) in [6, 6.07) is 0. The second-order valence-electron chi connectivity index (χ2n) is 20.0. The highest BCUT2D eigenvalue weighted by Crippen LogP contribution is 2.37. The molecule has 0 bridgehead atoms. The minimum atomic E-state index is -5.63. The summed E-state index contributed by atoms with van der Waals surface area (Å²) in [6.07, 6.45) is -54.8. The third-order valence-corrected chi connectivity index (χ3v) is 16.1. The molecule has 0 aromatic carbocycles. The molecule has 6 aliphatic rings. The summed E-state index contributed by atoms with van der Waals surface area (Å²) in [4.78, 5) is 0. The molecule has 41 nitrogen and oxygen atoms in total. The standard InChI is InChI=1S/C39H68O41S4/c1-10-12(5-66-36-25(48)24(47)19(42)11(2)72-36)30(77-81(54,55)56)27(50)37(71-10)68-7-14-20(43)15(3-40)74-35(21(14)44)67-6-13-17(73-34(53)26(49)31(13)78-82(57,58)59)8-69-39-29(52)33(80-84(63,64)65)23(46)18(76-39)9-70-38-28(51)32(79-83(60,61)62)22(45)16(4-41)75-38/h10-53H,3-9H2,1-2H3,(H,54,55,56)(H,57,58,59)(H,60,61,62)(H,63,64,65)/t10?,11?,12-,13+,14-,15?,16?,17?,18?,19-,20-,21?,22+,23+,24+,25?,26?,27?,28?,29?,30+,31-,32-,33-,34?,35-,36-,37-,38-,39-/m1/s1. The molecule has 0 aliphatic carbocycles. The highest BCUT2D eigenvalue weighted by atomic mass is 32.3. The molecule has 6 rings (SSSR count). The Morgan fingerprint density at radius 2 is 0.655 bits per heavy atom. The lowest BCUT2D eigenvalue weighted by Crippen LogP contribution is -2.63. The van der Waals surface area contributed by atoms with Crippen LogP contribution >= 0.6 is 0 Å². The van der Waals surface area contributed by atoms with Crippen LogP contribution in [0.15, 0.2) is 0 Å². The Kier molecular flexibility index (Phi) is 24.9. The van der Waals surface area contributed by atoms with Crippen LogP contribution in [0.4, 0.5) is 0 Å². The second-order valence-corrected chi connectivity index (χ2v) is 24.2. The number of rotatable bonds is 25. The molecule has 0 saturated carbocycles. The number of ether oxygens (including phenoxy) is 11. The van der Waals surface area contributed by atoms with Gasteiger partial charge in [0.15, 0.2) is 37.7 Å². The monoisotopic (exact) mass is 1320 g/mol. The van der Waals surface area contributed by atoms with Crippen molar-refractivity contribution in [2.24, 2.45) is 17.8 Å². The van der Waals surface area contributed by atoms with Crippen molar-refractivity contribution in [1.82, 2.24) is 0 Å². The Bertz CT molecular complexity index is 2550. The smallest absolute Gasteiger partial charge is 0.394 e. The van der Waals surface area contributed by atoms with Crippen molar-refractivity contribution >= 4 is 41.6 Å². The Balaban J connectivity index is 1.18. The number of hydrogen-bond donors (Lipinski definition) is 18. The van der Waals surface area contributed by atoms with E-state index < -0.39 is 272 Å². The molecule has 494 valence electrons. The van der Waals surface area contributed by atoms with Crippen LogP contribution in [-0.4, -0.2) is 336 Å². The van der Waals surface area contributed by atoms with Crippen LogP contribution in [0, 0.1) is 17.8 Å². The normalized spacial score (nSPS) is 45.8. The van der Waals surface area contributed by atoms with E-state index in [9.17, 15) is 123 Å². The summed E-state index contributed by atoms with van der Waals surface area (Å²) in [5.41, 5.74) is 0. The van der Waals surface area contributed by atoms with E-state index in [1.807, 2.05) is 0 Å². The first-order chi connectivity index (χ1) is 38.8. The van der Waals surface area contributed by atoms with Gasteiger partial charge in [-0.15, -0.1) is 0 Å². The summed E-state index contributed by atoms with van der Waals surface area (Å²) in [7, 11) is -22.1. The highest BCUT2D eigenvalue weighted by Gasteiger charge is 2.55. The molecule has 0 spiro atoms. The Hall–Kier alpha value is -1.52. The Morgan fingerprint density at radius 3 is 1.14 bits per heavy atom. The van der Waals surface area contributed by atoms with Gasteiger partial charge in [-0.05, 0) is 13.8 Å². The van der Waals surface area contributed by atoms with Crippen LogP contribution in [0.25, 0.3) is 0 Å². The van der Waals surface area contributed by atoms with Gasteiger partial charge in [0.05, 0.1) is 70.7 Å². The van der Waals surface area contributed by atoms with Gasteiger partial charge in [0.1, 0.15) is 104 Å². The van der Waals surface area contributed by atoms with E-state index in [1.165, 1.54) is 13.8 Å². The van der Waals surface area contributed by atoms with Crippen molar-refractivity contribution in [3.8, 4) is 0 Å². The van der Waals surface area contributed by atoms with Crippen LogP contribution < -0.4 is 0 Å². The highest BCUT2D eigenvalue weighted by molar-refractivity contribution is 7.81. The van der Waals surface area contributed by atoms with Gasteiger partial charge in [0.25, 0.3) is 0 Å². The molecule has 0 aromatic heterocycles. The quantitative estimate of drug-likeness (QED) is 0.0377. The third kappa shape index (κ3) is 18.1. The topological polar surface area (TPSA) is 639 Å². The van der Waals surface area contributed by atoms with E-state index in [0.29, 0.717) is 0 Å². The van der Waals surface area contributed by atoms with E-state index in [2.05, 4.69) is 12.5 Å². The average Bonchev–Trinajstić information content (AvgIpc) is 3.56. The van der Waals surface area contributed by atoms with Gasteiger partial charge in [-0.25, -0.2) is 16.7 Å². The van der Waals surface area contributed by atoms with Crippen molar-refractivity contribution in [1.29, 1.82) is 0 Å². The predicted octanol–water partition coefficient (Wildman–Crippen LogP) is -12.0. The fourth-order valence-corrected chi connectivity index (χ4v) is 11.9. The fraction of sp³-hybridized carbons (Fsp3) is 1.00. The van der Waals surface area contributed by atoms with Gasteiger partial charge < -0.3 is 124 Å². The maximum Gasteiger partial charge on any atom is 0.397 e. The van der Waals surface area contributed by atoms with Crippen LogP contribution in [-0.2, 0) is 110 Å². The first-order valence-electron chi connectivity index (χ1n) is 24.9. The predicted molar refractivity (Wildman–Crippen MR) is 252 cm³/mol. The van der Waals surface area contributed by atoms with E-state index >= 15 is 0 Å². The van der Waals surface area contributed by atoms with Crippen molar-refractivity contribution in [3.63, 3.8) is 0 Å². The molecule has 6 aliphatic heterocycles. The Labute approximate surface area is 476 Å². The largest absolute Gasteiger partial charge is 0.397 e. The van der Waals surface area contributed by atoms with E-state index in [0.717, 1.165) is 0 Å². The fourth-order valence-electron chi connectivity index (χ4n) is 9.85. The maximum atomic E-state index is 12.1. The SMILES string of the molecule is CC1O[C@@H](OC[C@@H]2C(C)O[C@@H](OC[C@H]3C(O)[C@H](OC[C@H]4C(CO[C@@H]5OC(CO[C@@H]6OC(CO)[C@H](O)[C@@H](OS(=O)(=O)O)C6O)[C@H](O)[C@@H](OS(=O)(=O)O)C5O)OC(O)C(O)[C@@H]4OS(=O)(=O)O)OC(CO)[C@@H]3O)C(O)[C@H]2OS(=O)(=O)O)C(O)[C@@H](O)[C@@H]1O. The second kappa shape index (κ2) is 29.2. The summed E-state index contributed by atoms with van der Waals surface area (Å²) < 4.78 is 212. The van der Waals surface area contributed by atoms with Crippen LogP contribution in [0.2, 0.25) is 0 Å². The molecular weight excluding hydrogens is 1250 g/mol. The molecule has 30 atom stereocenters. The molecule has 0 amide bonds. The summed E-state index contributed by atoms with van der Waals surface area (Å²) in [6.45, 7) is -4.55. The van der Waals surface area contributed by atoms with E-state index in [1.54, 1.807) is 0 Å². The zero-order valence-electron chi connectivity index (χ0n) is 43.3. The molecular formula is C39H68O41S4. The zero-order chi connectivity index (χ0) is 62.9. The van der Waals surface area contributed by atoms with Gasteiger partial charge in [0.2, 0.25) is 0 Å². The van der Waals surface area contributed by atoms with Crippen molar-refractivity contribution < 1.29 is 192 Å². The molecule has 6 heterocycles. The number of aliphatic hydroxyl groups is 14. The lowest BCUT2D eigenvalue weighted by Gasteiger charge is -2.46. The summed E-state index contributed by atoms with van der Waals surface area (Å²) >= 11 is 0. The molecule has 84 heavy (non-hydrogen) atoms. The van der Waals surface area contributed by atoms with Gasteiger partial charge in [0, 0.05) is 17.8 Å². The number of aliphatic hydroxyl groups excluding tert-OH is 14. The summed E-state index contributed by atoms with van der Waals surface area (Å²) in [5.74, 6) is -4.97. The van der Waals surface area contributed by atoms with Crippen LogP contribution in [0.3, 0.4) is 0 Å². The van der Waals surface area contributed by atoms with Gasteiger partial charge in [-0.2, -0.15) is 33.7 Å². The molecule has 6 saturated heterocycles. The van der Waals surface area contributed by atoms with Crippen molar-refractivity contribution in [2.45, 2.75) is 180 Å². The van der Waals surface area contributed by atoms with E-state index in [-0.39, 0.29) is 0 Å². The molecule has 6 fully saturated rings. The zero-order valence-corrected chi connectivity index (χ0v) is 46.6. The van der Waals surface area contributed by atoms with Crippen LogP contribution in [0.1, 0.15) is 13.8 Å². The van der Waals surface area contributed by atoms with Gasteiger partial charge in [-0.1, -0.05) is 0 Å². The lowest BCUT2D eigenvalue weighted by molar-refractivity contribution is -0.340. The average molecular weight is 1320 g/mol. The molecule has 0 aromatic rings. The molecule has 18 N–H and O–H groups in total. The third-order valence-electron chi connectivity index (χ3n) is 14.3. The van der Waals surface area contributed by atoms with Crippen molar-refractivity contribution in [3.05, 3.63) is 0 Å².